The summed E-state index contributed by atoms with van der Waals surface area (Å²) in [7, 11) is -3.17. The Hall–Kier alpha value is -3.16. The molecule has 0 saturated carbocycles. The second-order valence-electron chi connectivity index (χ2n) is 9.32. The number of hydrogen-bond acceptors (Lipinski definition) is 7. The Labute approximate surface area is 231 Å². The molecule has 0 saturated heterocycles. The second-order valence-corrected chi connectivity index (χ2v) is 12.2. The Morgan fingerprint density at radius 2 is 2.05 bits per heavy atom. The standard InChI is InChI=1S/C27H25Cl2N5O3S/c1-38(35,36)17-26-31-14-21-16-33(7-5-24(21)32-26)15-18-2-3-25-19(10-18)4-8-34(25)22-11-20(13-30)27(23(29)12-22)37-9-6-28/h2-4,8,10-12,14H,5-7,9,15-17H2,1H3. The molecule has 0 fully saturated rings. The Morgan fingerprint density at radius 1 is 1.21 bits per heavy atom. The molecule has 0 N–H and O–H groups in total. The summed E-state index contributed by atoms with van der Waals surface area (Å²) in [4.78, 5) is 11.1. The number of nitrogens with zero attached hydrogens (tertiary/aromatic N) is 5. The third-order valence-corrected chi connectivity index (χ3v) is 7.58. The van der Waals surface area contributed by atoms with Gasteiger partial charge in [-0.05, 0) is 35.9 Å². The van der Waals surface area contributed by atoms with Gasteiger partial charge in [-0.3, -0.25) is 4.90 Å². The zero-order chi connectivity index (χ0) is 26.9. The van der Waals surface area contributed by atoms with Crippen LogP contribution >= 0.6 is 23.2 Å². The van der Waals surface area contributed by atoms with E-state index < -0.39 is 9.84 Å². The van der Waals surface area contributed by atoms with E-state index in [-0.39, 0.29) is 12.4 Å². The highest BCUT2D eigenvalue weighted by Crippen LogP contribution is 2.33. The van der Waals surface area contributed by atoms with Crippen LogP contribution in [0.4, 0.5) is 0 Å². The maximum atomic E-state index is 11.6. The molecule has 0 aliphatic carbocycles. The number of halogens is 2. The van der Waals surface area contributed by atoms with E-state index >= 15 is 0 Å². The molecule has 38 heavy (non-hydrogen) atoms. The minimum atomic E-state index is -3.17. The zero-order valence-corrected chi connectivity index (χ0v) is 23.0. The maximum Gasteiger partial charge on any atom is 0.155 e. The lowest BCUT2D eigenvalue weighted by Crippen LogP contribution is -2.31. The summed E-state index contributed by atoms with van der Waals surface area (Å²) in [6.07, 6.45) is 5.66. The number of nitriles is 1. The molecule has 0 atom stereocenters. The first-order valence-electron chi connectivity index (χ1n) is 12.0. The molecule has 4 aromatic rings. The molecule has 2 aromatic carbocycles. The van der Waals surface area contributed by atoms with Gasteiger partial charge < -0.3 is 9.30 Å². The van der Waals surface area contributed by atoms with Crippen LogP contribution in [0.25, 0.3) is 16.6 Å². The molecule has 0 bridgehead atoms. The van der Waals surface area contributed by atoms with Crippen LogP contribution in [0, 0.1) is 11.3 Å². The normalized spacial score (nSPS) is 13.8. The number of aromatic nitrogens is 3. The Bertz CT molecular complexity index is 1660. The van der Waals surface area contributed by atoms with Crippen molar-refractivity contribution < 1.29 is 13.2 Å². The quantitative estimate of drug-likeness (QED) is 0.284. The fourth-order valence-corrected chi connectivity index (χ4v) is 5.67. The van der Waals surface area contributed by atoms with E-state index in [1.54, 1.807) is 18.3 Å². The van der Waals surface area contributed by atoms with Gasteiger partial charge in [0.15, 0.2) is 15.6 Å². The van der Waals surface area contributed by atoms with Crippen molar-refractivity contribution in [2.24, 2.45) is 0 Å². The first-order chi connectivity index (χ1) is 18.2. The molecule has 196 valence electrons. The van der Waals surface area contributed by atoms with Gasteiger partial charge in [-0.2, -0.15) is 5.26 Å². The number of rotatable bonds is 8. The summed E-state index contributed by atoms with van der Waals surface area (Å²) < 4.78 is 30.7. The average Bonchev–Trinajstić information content (AvgIpc) is 3.30. The van der Waals surface area contributed by atoms with Gasteiger partial charge in [0.25, 0.3) is 0 Å². The van der Waals surface area contributed by atoms with Crippen molar-refractivity contribution >= 4 is 43.9 Å². The smallest absolute Gasteiger partial charge is 0.155 e. The number of sulfone groups is 1. The number of fused-ring (bicyclic) bond motifs is 2. The van der Waals surface area contributed by atoms with Gasteiger partial charge in [-0.25, -0.2) is 18.4 Å². The van der Waals surface area contributed by atoms with E-state index in [0.29, 0.717) is 34.6 Å². The zero-order valence-electron chi connectivity index (χ0n) is 20.7. The number of hydrogen-bond donors (Lipinski definition) is 0. The van der Waals surface area contributed by atoms with Crippen molar-refractivity contribution in [2.75, 3.05) is 25.3 Å². The van der Waals surface area contributed by atoms with Gasteiger partial charge in [-0.1, -0.05) is 17.7 Å². The molecule has 0 radical (unpaired) electrons. The second kappa shape index (κ2) is 10.9. The predicted molar refractivity (Wildman–Crippen MR) is 148 cm³/mol. The Balaban J connectivity index is 1.33. The third kappa shape index (κ3) is 5.79. The van der Waals surface area contributed by atoms with Gasteiger partial charge in [0, 0.05) is 67.0 Å². The highest BCUT2D eigenvalue weighted by atomic mass is 35.5. The third-order valence-electron chi connectivity index (χ3n) is 6.37. The fraction of sp³-hybridized carbons (Fsp3) is 0.296. The van der Waals surface area contributed by atoms with Crippen LogP contribution in [0.5, 0.6) is 5.75 Å². The van der Waals surface area contributed by atoms with Crippen molar-refractivity contribution in [1.29, 1.82) is 5.26 Å². The van der Waals surface area contributed by atoms with Crippen molar-refractivity contribution in [3.05, 3.63) is 82.0 Å². The topological polar surface area (TPSA) is 101 Å². The fourth-order valence-electron chi connectivity index (χ4n) is 4.72. The van der Waals surface area contributed by atoms with Crippen LogP contribution < -0.4 is 4.74 Å². The van der Waals surface area contributed by atoms with Crippen molar-refractivity contribution in [2.45, 2.75) is 25.3 Å². The van der Waals surface area contributed by atoms with Crippen molar-refractivity contribution in [3.63, 3.8) is 0 Å². The lowest BCUT2D eigenvalue weighted by Gasteiger charge is -2.28. The summed E-state index contributed by atoms with van der Waals surface area (Å²) in [5.74, 6) is 0.865. The molecule has 8 nitrogen and oxygen atoms in total. The summed E-state index contributed by atoms with van der Waals surface area (Å²) in [5.41, 5.74) is 5.26. The van der Waals surface area contributed by atoms with Crippen LogP contribution in [0.3, 0.4) is 0 Å². The van der Waals surface area contributed by atoms with E-state index in [4.69, 9.17) is 27.9 Å². The van der Waals surface area contributed by atoms with Crippen LogP contribution in [0.15, 0.2) is 48.8 Å². The van der Waals surface area contributed by atoms with Crippen LogP contribution in [0.2, 0.25) is 5.02 Å². The van der Waals surface area contributed by atoms with E-state index in [9.17, 15) is 13.7 Å². The highest BCUT2D eigenvalue weighted by molar-refractivity contribution is 7.89. The lowest BCUT2D eigenvalue weighted by molar-refractivity contribution is 0.242. The van der Waals surface area contributed by atoms with Crippen LogP contribution in [0.1, 0.15) is 28.2 Å². The number of ether oxygens (including phenoxy) is 1. The van der Waals surface area contributed by atoms with Gasteiger partial charge >= 0.3 is 0 Å². The van der Waals surface area contributed by atoms with Gasteiger partial charge in [0.2, 0.25) is 0 Å². The molecule has 0 unspecified atom stereocenters. The van der Waals surface area contributed by atoms with Crippen molar-refractivity contribution in [1.82, 2.24) is 19.4 Å². The monoisotopic (exact) mass is 569 g/mol. The lowest BCUT2D eigenvalue weighted by atomic mass is 10.1. The summed E-state index contributed by atoms with van der Waals surface area (Å²) in [6.45, 7) is 2.57. The molecule has 1 aliphatic rings. The van der Waals surface area contributed by atoms with Crippen molar-refractivity contribution in [3.8, 4) is 17.5 Å². The minimum absolute atomic E-state index is 0.139. The van der Waals surface area contributed by atoms with Gasteiger partial charge in [0.05, 0.1) is 22.0 Å². The Morgan fingerprint density at radius 3 is 2.82 bits per heavy atom. The molecule has 2 aromatic heterocycles. The predicted octanol–water partition coefficient (Wildman–Crippen LogP) is 4.67. The molecule has 5 rings (SSSR count). The van der Waals surface area contributed by atoms with Crippen LogP contribution in [-0.2, 0) is 35.1 Å². The first kappa shape index (κ1) is 26.4. The summed E-state index contributed by atoms with van der Waals surface area (Å²) >= 11 is 12.2. The SMILES string of the molecule is CS(=O)(=O)Cc1ncc2c(n1)CCN(Cc1ccc3c(ccn3-c3cc(Cl)c(OCCCl)c(C#N)c3)c1)C2. The van der Waals surface area contributed by atoms with Gasteiger partial charge in [0.1, 0.15) is 24.3 Å². The van der Waals surface area contributed by atoms with E-state index in [0.717, 1.165) is 47.4 Å². The average molecular weight is 571 g/mol. The molecule has 1 aliphatic heterocycles. The number of alkyl halides is 1. The summed E-state index contributed by atoms with van der Waals surface area (Å²) in [5, 5.41) is 11.1. The molecule has 11 heteroatoms. The molecule has 0 spiro atoms. The molecule has 0 amide bonds. The first-order valence-corrected chi connectivity index (χ1v) is 15.0. The van der Waals surface area contributed by atoms with Gasteiger partial charge in [-0.15, -0.1) is 11.6 Å². The minimum Gasteiger partial charge on any atom is -0.489 e. The van der Waals surface area contributed by atoms with E-state index in [2.05, 4.69) is 39.1 Å². The Kier molecular flexibility index (Phi) is 7.59. The van der Waals surface area contributed by atoms with Crippen LogP contribution in [-0.4, -0.2) is 53.1 Å². The van der Waals surface area contributed by atoms with E-state index in [1.807, 2.05) is 16.8 Å². The largest absolute Gasteiger partial charge is 0.489 e. The maximum absolute atomic E-state index is 11.6. The highest BCUT2D eigenvalue weighted by Gasteiger charge is 2.20. The number of benzene rings is 2. The molecular weight excluding hydrogens is 545 g/mol. The molecule has 3 heterocycles. The van der Waals surface area contributed by atoms with E-state index in [1.165, 1.54) is 11.8 Å². The summed E-state index contributed by atoms with van der Waals surface area (Å²) in [6, 6.07) is 14.1. The molecular formula is C27H25Cl2N5O3S.